The first-order chi connectivity index (χ1) is 8.92. The first kappa shape index (κ1) is 16.3. The number of carbonyl (C=O) groups excluding carboxylic acids is 1. The van der Waals surface area contributed by atoms with Crippen molar-refractivity contribution in [2.45, 2.75) is 38.2 Å². The van der Waals surface area contributed by atoms with Gasteiger partial charge in [0.25, 0.3) is 5.91 Å². The molecule has 2 N–H and O–H groups in total. The van der Waals surface area contributed by atoms with Crippen LogP contribution in [0, 0.1) is 0 Å². The Morgan fingerprint density at radius 3 is 2.58 bits per heavy atom. The number of hydrogen-bond acceptors (Lipinski definition) is 2. The molecule has 0 bridgehead atoms. The molecule has 1 atom stereocenters. The van der Waals surface area contributed by atoms with E-state index in [-0.39, 0.29) is 12.3 Å². The molecule has 0 heterocycles. The second kappa shape index (κ2) is 7.13. The fourth-order valence-electron chi connectivity index (χ4n) is 1.97. The summed E-state index contributed by atoms with van der Waals surface area (Å²) < 4.78 is 0. The Hall–Kier alpha value is -0.770. The van der Waals surface area contributed by atoms with E-state index in [4.69, 9.17) is 23.2 Å². The molecule has 0 aliphatic carbocycles. The van der Waals surface area contributed by atoms with Crippen LogP contribution in [0.1, 0.15) is 31.7 Å². The van der Waals surface area contributed by atoms with Gasteiger partial charge in [-0.05, 0) is 24.1 Å². The Bertz CT molecular complexity index is 451. The van der Waals surface area contributed by atoms with Crippen molar-refractivity contribution in [1.82, 2.24) is 5.32 Å². The lowest BCUT2D eigenvalue weighted by molar-refractivity contribution is -0.140. The number of nitrogens with one attached hydrogen (secondary N) is 1. The summed E-state index contributed by atoms with van der Waals surface area (Å²) in [6.45, 7) is 2.02. The first-order valence-electron chi connectivity index (χ1n) is 6.31. The summed E-state index contributed by atoms with van der Waals surface area (Å²) in [6, 6.07) is 5.13. The van der Waals surface area contributed by atoms with E-state index in [1.165, 1.54) is 7.05 Å². The highest BCUT2D eigenvalue weighted by Gasteiger charge is 2.34. The summed E-state index contributed by atoms with van der Waals surface area (Å²) in [4.78, 5) is 11.9. The summed E-state index contributed by atoms with van der Waals surface area (Å²) in [5.74, 6) is -0.368. The van der Waals surface area contributed by atoms with Gasteiger partial charge in [-0.3, -0.25) is 4.79 Å². The van der Waals surface area contributed by atoms with Crippen LogP contribution in [0.2, 0.25) is 10.0 Å². The fraction of sp³-hybridized carbons (Fsp3) is 0.500. The molecule has 19 heavy (non-hydrogen) atoms. The smallest absolute Gasteiger partial charge is 0.252 e. The van der Waals surface area contributed by atoms with Crippen molar-refractivity contribution >= 4 is 29.1 Å². The van der Waals surface area contributed by atoms with Crippen LogP contribution in [-0.4, -0.2) is 23.7 Å². The van der Waals surface area contributed by atoms with E-state index in [9.17, 15) is 9.90 Å². The molecular weight excluding hydrogens is 285 g/mol. The van der Waals surface area contributed by atoms with Gasteiger partial charge in [0.05, 0.1) is 10.0 Å². The zero-order chi connectivity index (χ0) is 14.5. The van der Waals surface area contributed by atoms with Gasteiger partial charge < -0.3 is 10.4 Å². The molecule has 0 aromatic heterocycles. The molecule has 1 aromatic rings. The zero-order valence-electron chi connectivity index (χ0n) is 11.2. The first-order valence-corrected chi connectivity index (χ1v) is 7.07. The van der Waals surface area contributed by atoms with Crippen LogP contribution in [0.4, 0.5) is 0 Å². The number of aliphatic hydroxyl groups is 1. The second-order valence-corrected chi connectivity index (χ2v) is 5.45. The van der Waals surface area contributed by atoms with Crippen molar-refractivity contribution < 1.29 is 9.90 Å². The number of benzene rings is 1. The lowest BCUT2D eigenvalue weighted by Gasteiger charge is -2.26. The maximum atomic E-state index is 11.9. The molecule has 0 saturated carbocycles. The van der Waals surface area contributed by atoms with E-state index in [1.54, 1.807) is 18.2 Å². The summed E-state index contributed by atoms with van der Waals surface area (Å²) >= 11 is 11.8. The van der Waals surface area contributed by atoms with Gasteiger partial charge in [0.2, 0.25) is 0 Å². The molecule has 0 fully saturated rings. The van der Waals surface area contributed by atoms with Crippen molar-refractivity contribution in [3.05, 3.63) is 33.8 Å². The Morgan fingerprint density at radius 2 is 2.05 bits per heavy atom. The molecule has 3 nitrogen and oxygen atoms in total. The Kier molecular flexibility index (Phi) is 6.11. The third-order valence-corrected chi connectivity index (χ3v) is 3.81. The molecular formula is C14H19Cl2NO2. The summed E-state index contributed by atoms with van der Waals surface area (Å²) in [5, 5.41) is 13.9. The summed E-state index contributed by atoms with van der Waals surface area (Å²) in [5.41, 5.74) is -0.612. The minimum Gasteiger partial charge on any atom is -0.380 e. The number of halogens is 2. The fourth-order valence-corrected chi connectivity index (χ4v) is 2.29. The molecule has 106 valence electrons. The van der Waals surface area contributed by atoms with Gasteiger partial charge in [-0.15, -0.1) is 0 Å². The zero-order valence-corrected chi connectivity index (χ0v) is 12.7. The summed E-state index contributed by atoms with van der Waals surface area (Å²) in [6.07, 6.45) is 2.35. The second-order valence-electron chi connectivity index (χ2n) is 4.64. The monoisotopic (exact) mass is 303 g/mol. The van der Waals surface area contributed by atoms with Crippen LogP contribution < -0.4 is 5.32 Å². The van der Waals surface area contributed by atoms with Crippen molar-refractivity contribution in [2.75, 3.05) is 7.05 Å². The summed E-state index contributed by atoms with van der Waals surface area (Å²) in [7, 11) is 1.52. The van der Waals surface area contributed by atoms with Gasteiger partial charge in [0.15, 0.2) is 0 Å². The number of amides is 1. The van der Waals surface area contributed by atoms with E-state index in [0.29, 0.717) is 16.5 Å². The molecule has 0 aliphatic rings. The van der Waals surface area contributed by atoms with Crippen LogP contribution >= 0.6 is 23.2 Å². The molecule has 0 radical (unpaired) electrons. The lowest BCUT2D eigenvalue weighted by atomic mass is 9.88. The topological polar surface area (TPSA) is 49.3 Å². The predicted molar refractivity (Wildman–Crippen MR) is 78.7 cm³/mol. The maximum Gasteiger partial charge on any atom is 0.252 e. The van der Waals surface area contributed by atoms with E-state index >= 15 is 0 Å². The number of likely N-dealkylation sites (N-methyl/N-ethyl adjacent to an activating group) is 1. The highest BCUT2D eigenvalue weighted by Crippen LogP contribution is 2.26. The van der Waals surface area contributed by atoms with E-state index in [0.717, 1.165) is 18.4 Å². The molecule has 0 aliphatic heterocycles. The van der Waals surface area contributed by atoms with Gasteiger partial charge >= 0.3 is 0 Å². The SMILES string of the molecule is CCCCC(O)(Cc1ccc(Cl)c(Cl)c1)C(=O)NC. The van der Waals surface area contributed by atoms with Gasteiger partial charge in [-0.25, -0.2) is 0 Å². The minimum absolute atomic E-state index is 0.226. The van der Waals surface area contributed by atoms with Crippen molar-refractivity contribution in [3.63, 3.8) is 0 Å². The molecule has 0 saturated heterocycles. The van der Waals surface area contributed by atoms with Crippen molar-refractivity contribution in [2.24, 2.45) is 0 Å². The largest absolute Gasteiger partial charge is 0.380 e. The Balaban J connectivity index is 2.93. The molecule has 1 amide bonds. The average Bonchev–Trinajstić information content (AvgIpc) is 2.39. The molecule has 5 heteroatoms. The molecule has 1 aromatic carbocycles. The average molecular weight is 304 g/mol. The van der Waals surface area contributed by atoms with Crippen molar-refractivity contribution in [3.8, 4) is 0 Å². The van der Waals surface area contributed by atoms with Crippen LogP contribution in [-0.2, 0) is 11.2 Å². The predicted octanol–water partition coefficient (Wildman–Crippen LogP) is 3.20. The van der Waals surface area contributed by atoms with E-state index < -0.39 is 5.60 Å². The third-order valence-electron chi connectivity index (χ3n) is 3.07. The van der Waals surface area contributed by atoms with Gasteiger partial charge in [0.1, 0.15) is 5.60 Å². The Morgan fingerprint density at radius 1 is 1.37 bits per heavy atom. The molecule has 1 rings (SSSR count). The number of unbranched alkanes of at least 4 members (excludes halogenated alkanes) is 1. The van der Waals surface area contributed by atoms with Crippen LogP contribution in [0.25, 0.3) is 0 Å². The maximum absolute atomic E-state index is 11.9. The van der Waals surface area contributed by atoms with Crippen molar-refractivity contribution in [1.29, 1.82) is 0 Å². The van der Waals surface area contributed by atoms with Gasteiger partial charge in [0, 0.05) is 13.5 Å². The number of carbonyl (C=O) groups is 1. The van der Waals surface area contributed by atoms with Crippen LogP contribution in [0.3, 0.4) is 0 Å². The highest BCUT2D eigenvalue weighted by atomic mass is 35.5. The number of rotatable bonds is 6. The highest BCUT2D eigenvalue weighted by molar-refractivity contribution is 6.42. The van der Waals surface area contributed by atoms with E-state index in [2.05, 4.69) is 5.32 Å². The van der Waals surface area contributed by atoms with Crippen LogP contribution in [0.5, 0.6) is 0 Å². The van der Waals surface area contributed by atoms with Gasteiger partial charge in [-0.1, -0.05) is 49.0 Å². The Labute approximate surface area is 123 Å². The molecule has 1 unspecified atom stereocenters. The molecule has 0 spiro atoms. The normalized spacial score (nSPS) is 13.9. The quantitative estimate of drug-likeness (QED) is 0.848. The third kappa shape index (κ3) is 4.37. The van der Waals surface area contributed by atoms with Crippen LogP contribution in [0.15, 0.2) is 18.2 Å². The van der Waals surface area contributed by atoms with E-state index in [1.807, 2.05) is 6.92 Å². The standard InChI is InChI=1S/C14H19Cl2NO2/c1-3-4-7-14(19,13(18)17-2)9-10-5-6-11(15)12(16)8-10/h5-6,8,19H,3-4,7,9H2,1-2H3,(H,17,18). The lowest BCUT2D eigenvalue weighted by Crippen LogP contribution is -2.47. The minimum atomic E-state index is -1.40. The van der Waals surface area contributed by atoms with Gasteiger partial charge in [-0.2, -0.15) is 0 Å². The number of hydrogen-bond donors (Lipinski definition) is 2.